The van der Waals surface area contributed by atoms with Crippen molar-refractivity contribution in [1.29, 1.82) is 0 Å². The van der Waals surface area contributed by atoms with Crippen LogP contribution in [0.2, 0.25) is 5.02 Å². The summed E-state index contributed by atoms with van der Waals surface area (Å²) in [6.07, 6.45) is 12.5. The molecule has 254 valence electrons. The van der Waals surface area contributed by atoms with Gasteiger partial charge in [-0.3, -0.25) is 24.5 Å². The van der Waals surface area contributed by atoms with Crippen molar-refractivity contribution >= 4 is 29.2 Å². The van der Waals surface area contributed by atoms with E-state index >= 15 is 0 Å². The minimum absolute atomic E-state index is 0.0424. The zero-order valence-electron chi connectivity index (χ0n) is 27.8. The van der Waals surface area contributed by atoms with Crippen molar-refractivity contribution in [1.82, 2.24) is 30.5 Å². The number of nitrogens with one attached hydrogen (secondary N) is 2. The molecular weight excluding hydrogens is 646 g/mol. The standard InChI is InChI=1S/C40H40ClN7O2/c41-38-35(29-11-18-42-19-12-29)7-2-8-36(38)40(50)46-33-13-20-47(21-14-33)27-28-9-10-37(44-25-28)48-22-15-34(16-23-48)45-39(49)31-5-1-4-30(24-31)32-6-3-17-43-26-32/h1-12,17-19,24-26,33-34H,13-16,20-23,27H2,(H,45,49)(H,46,50). The Balaban J connectivity index is 0.851. The maximum Gasteiger partial charge on any atom is 0.253 e. The van der Waals surface area contributed by atoms with Gasteiger partial charge in [0.05, 0.1) is 10.6 Å². The van der Waals surface area contributed by atoms with Crippen LogP contribution in [0.1, 0.15) is 52.0 Å². The van der Waals surface area contributed by atoms with Crippen LogP contribution < -0.4 is 15.5 Å². The first-order valence-corrected chi connectivity index (χ1v) is 17.6. The smallest absolute Gasteiger partial charge is 0.253 e. The van der Waals surface area contributed by atoms with Crippen LogP contribution >= 0.6 is 11.6 Å². The molecule has 5 aromatic rings. The molecule has 2 amide bonds. The Morgan fingerprint density at radius 2 is 1.42 bits per heavy atom. The highest BCUT2D eigenvalue weighted by molar-refractivity contribution is 6.36. The van der Waals surface area contributed by atoms with Gasteiger partial charge in [-0.1, -0.05) is 48.0 Å². The van der Waals surface area contributed by atoms with E-state index in [-0.39, 0.29) is 23.9 Å². The topological polar surface area (TPSA) is 103 Å². The molecule has 2 aliphatic rings. The largest absolute Gasteiger partial charge is 0.356 e. The van der Waals surface area contributed by atoms with Crippen molar-refractivity contribution < 1.29 is 9.59 Å². The van der Waals surface area contributed by atoms with E-state index in [0.29, 0.717) is 16.1 Å². The Kier molecular flexibility index (Phi) is 10.4. The van der Waals surface area contributed by atoms with Gasteiger partial charge in [0.2, 0.25) is 0 Å². The first kappa shape index (κ1) is 33.4. The summed E-state index contributed by atoms with van der Waals surface area (Å²) in [7, 11) is 0. The van der Waals surface area contributed by atoms with E-state index in [9.17, 15) is 9.59 Å². The average molecular weight is 686 g/mol. The number of carbonyl (C=O) groups is 2. The van der Waals surface area contributed by atoms with Gasteiger partial charge in [0.15, 0.2) is 0 Å². The van der Waals surface area contributed by atoms with Crippen LogP contribution in [0, 0.1) is 0 Å². The van der Waals surface area contributed by atoms with Crippen LogP contribution in [-0.2, 0) is 6.54 Å². The van der Waals surface area contributed by atoms with Gasteiger partial charge in [0.25, 0.3) is 11.8 Å². The second-order valence-corrected chi connectivity index (χ2v) is 13.4. The van der Waals surface area contributed by atoms with E-state index in [4.69, 9.17) is 16.6 Å². The number of nitrogens with zero attached hydrogens (tertiary/aromatic N) is 5. The number of rotatable bonds is 9. The van der Waals surface area contributed by atoms with Gasteiger partial charge in [-0.25, -0.2) is 4.98 Å². The molecule has 50 heavy (non-hydrogen) atoms. The first-order valence-electron chi connectivity index (χ1n) is 17.2. The normalized spacial score (nSPS) is 15.8. The Morgan fingerprint density at radius 1 is 0.700 bits per heavy atom. The number of aromatic nitrogens is 3. The zero-order chi connectivity index (χ0) is 34.3. The predicted octanol–water partition coefficient (Wildman–Crippen LogP) is 6.65. The van der Waals surface area contributed by atoms with E-state index in [2.05, 4.69) is 42.5 Å². The Hall–Kier alpha value is -5.12. The lowest BCUT2D eigenvalue weighted by molar-refractivity contribution is 0.0906. The fourth-order valence-corrected chi connectivity index (χ4v) is 7.13. The highest BCUT2D eigenvalue weighted by Gasteiger charge is 2.24. The van der Waals surface area contributed by atoms with Crippen molar-refractivity contribution in [2.24, 2.45) is 0 Å². The van der Waals surface area contributed by atoms with Crippen LogP contribution in [0.5, 0.6) is 0 Å². The van der Waals surface area contributed by atoms with Crippen LogP contribution in [0.25, 0.3) is 22.3 Å². The molecule has 0 radical (unpaired) electrons. The van der Waals surface area contributed by atoms with Gasteiger partial charge in [-0.15, -0.1) is 0 Å². The maximum absolute atomic E-state index is 13.2. The van der Waals surface area contributed by atoms with Gasteiger partial charge < -0.3 is 15.5 Å². The molecular formula is C40H40ClN7O2. The molecule has 0 atom stereocenters. The van der Waals surface area contributed by atoms with Gasteiger partial charge >= 0.3 is 0 Å². The highest BCUT2D eigenvalue weighted by atomic mass is 35.5. The third-order valence-corrected chi connectivity index (χ3v) is 10.1. The third kappa shape index (κ3) is 8.01. The number of anilines is 1. The second-order valence-electron chi connectivity index (χ2n) is 13.0. The monoisotopic (exact) mass is 685 g/mol. The first-order chi connectivity index (χ1) is 24.5. The number of piperidine rings is 2. The highest BCUT2D eigenvalue weighted by Crippen LogP contribution is 2.31. The van der Waals surface area contributed by atoms with Crippen LogP contribution in [0.15, 0.2) is 110 Å². The summed E-state index contributed by atoms with van der Waals surface area (Å²) in [5.74, 6) is 0.789. The molecule has 7 rings (SSSR count). The van der Waals surface area contributed by atoms with Gasteiger partial charge in [-0.2, -0.15) is 0 Å². The second kappa shape index (κ2) is 15.6. The Bertz CT molecular complexity index is 1910. The molecule has 2 saturated heterocycles. The number of carbonyl (C=O) groups excluding carboxylic acids is 2. The zero-order valence-corrected chi connectivity index (χ0v) is 28.6. The molecule has 10 heteroatoms. The number of benzene rings is 2. The lowest BCUT2D eigenvalue weighted by atomic mass is 10.0. The molecule has 0 bridgehead atoms. The molecule has 0 saturated carbocycles. The molecule has 2 N–H and O–H groups in total. The van der Waals surface area contributed by atoms with E-state index in [1.807, 2.05) is 73.1 Å². The molecule has 2 aromatic carbocycles. The SMILES string of the molecule is O=C(NC1CCN(c2ccc(CN3CCC(NC(=O)c4cccc(-c5ccncc5)c4Cl)CC3)cn2)CC1)c1cccc(-c2cccnc2)c1. The molecule has 5 heterocycles. The van der Waals surface area contributed by atoms with Crippen molar-refractivity contribution in [3.63, 3.8) is 0 Å². The fourth-order valence-electron chi connectivity index (χ4n) is 6.81. The van der Waals surface area contributed by atoms with Crippen LogP contribution in [-0.4, -0.2) is 69.9 Å². The summed E-state index contributed by atoms with van der Waals surface area (Å²) in [5.41, 5.74) is 6.05. The van der Waals surface area contributed by atoms with Gasteiger partial charge in [-0.05, 0) is 84.8 Å². The number of likely N-dealkylation sites (tertiary alicyclic amines) is 1. The summed E-state index contributed by atoms with van der Waals surface area (Å²) in [5, 5.41) is 6.90. The fraction of sp³-hybridized carbons (Fsp3) is 0.275. The Labute approximate surface area is 297 Å². The molecule has 2 fully saturated rings. The summed E-state index contributed by atoms with van der Waals surface area (Å²) >= 11 is 6.68. The quantitative estimate of drug-likeness (QED) is 0.179. The average Bonchev–Trinajstić information content (AvgIpc) is 3.17. The molecule has 0 aliphatic carbocycles. The van der Waals surface area contributed by atoms with Crippen molar-refractivity contribution in [2.75, 3.05) is 31.1 Å². The van der Waals surface area contributed by atoms with Crippen molar-refractivity contribution in [2.45, 2.75) is 44.3 Å². The number of amides is 2. The lowest BCUT2D eigenvalue weighted by Crippen LogP contribution is -2.45. The molecule has 0 unspecified atom stereocenters. The van der Waals surface area contributed by atoms with Crippen molar-refractivity contribution in [3.05, 3.63) is 132 Å². The maximum atomic E-state index is 13.2. The third-order valence-electron chi connectivity index (χ3n) is 9.65. The summed E-state index contributed by atoms with van der Waals surface area (Å²) in [6, 6.07) is 25.4. The number of hydrogen-bond donors (Lipinski definition) is 2. The van der Waals surface area contributed by atoms with E-state index in [1.54, 1.807) is 24.7 Å². The van der Waals surface area contributed by atoms with Crippen molar-refractivity contribution in [3.8, 4) is 22.3 Å². The van der Waals surface area contributed by atoms with Crippen LogP contribution in [0.4, 0.5) is 5.82 Å². The number of hydrogen-bond acceptors (Lipinski definition) is 7. The summed E-state index contributed by atoms with van der Waals surface area (Å²) in [4.78, 5) is 44.0. The number of halogens is 1. The minimum Gasteiger partial charge on any atom is -0.356 e. The lowest BCUT2D eigenvalue weighted by Gasteiger charge is -2.34. The molecule has 0 spiro atoms. The molecule has 2 aliphatic heterocycles. The minimum atomic E-state index is -0.137. The van der Waals surface area contributed by atoms with E-state index in [0.717, 1.165) is 86.5 Å². The number of pyridine rings is 3. The summed E-state index contributed by atoms with van der Waals surface area (Å²) < 4.78 is 0. The molecule has 3 aromatic heterocycles. The van der Waals surface area contributed by atoms with Crippen LogP contribution in [0.3, 0.4) is 0 Å². The van der Waals surface area contributed by atoms with Gasteiger partial charge in [0.1, 0.15) is 5.82 Å². The molecule has 9 nitrogen and oxygen atoms in total. The summed E-state index contributed by atoms with van der Waals surface area (Å²) in [6.45, 7) is 4.29. The van der Waals surface area contributed by atoms with Gasteiger partial charge in [0, 0.05) is 92.5 Å². The Morgan fingerprint density at radius 3 is 2.14 bits per heavy atom. The predicted molar refractivity (Wildman–Crippen MR) is 197 cm³/mol. The van der Waals surface area contributed by atoms with E-state index in [1.165, 1.54) is 5.56 Å². The van der Waals surface area contributed by atoms with E-state index < -0.39 is 0 Å².